The van der Waals surface area contributed by atoms with Crippen LogP contribution in [0.25, 0.3) is 27.9 Å². The summed E-state index contributed by atoms with van der Waals surface area (Å²) in [6.07, 6.45) is 3.53. The van der Waals surface area contributed by atoms with Crippen LogP contribution in [0.4, 0.5) is 5.69 Å². The van der Waals surface area contributed by atoms with E-state index in [0.717, 1.165) is 36.4 Å². The van der Waals surface area contributed by atoms with Crippen LogP contribution < -0.4 is 20.6 Å². The zero-order valence-corrected chi connectivity index (χ0v) is 17.2. The predicted molar refractivity (Wildman–Crippen MR) is 115 cm³/mol. The molecule has 5 rings (SSSR count). The molecule has 1 N–H and O–H groups in total. The third kappa shape index (κ3) is 3.19. The van der Waals surface area contributed by atoms with Gasteiger partial charge in [-0.1, -0.05) is 0 Å². The van der Waals surface area contributed by atoms with Crippen molar-refractivity contribution in [1.82, 2.24) is 19.7 Å². The van der Waals surface area contributed by atoms with E-state index in [1.807, 2.05) is 29.5 Å². The monoisotopic (exact) mass is 405 g/mol. The zero-order valence-electron chi connectivity index (χ0n) is 17.2. The molecule has 0 bridgehead atoms. The van der Waals surface area contributed by atoms with Crippen LogP contribution in [0.1, 0.15) is 12.6 Å². The van der Waals surface area contributed by atoms with Gasteiger partial charge in [-0.2, -0.15) is 0 Å². The maximum atomic E-state index is 12.8. The van der Waals surface area contributed by atoms with E-state index in [2.05, 4.69) is 33.2 Å². The van der Waals surface area contributed by atoms with Crippen LogP contribution in [0.3, 0.4) is 0 Å². The summed E-state index contributed by atoms with van der Waals surface area (Å²) in [7, 11) is 1.57. The first-order valence-electron chi connectivity index (χ1n) is 9.99. The van der Waals surface area contributed by atoms with E-state index in [1.54, 1.807) is 19.5 Å². The van der Waals surface area contributed by atoms with Gasteiger partial charge < -0.3 is 19.4 Å². The number of aryl methyl sites for hydroxylation is 1. The SMILES string of the molecule is COc1cn2cc(-c3cc4ccc(N5CCN[C@@H](C)C5)cc4oc3=O)nc2c(C)n1. The fourth-order valence-corrected chi connectivity index (χ4v) is 3.99. The largest absolute Gasteiger partial charge is 0.480 e. The Morgan fingerprint density at radius 2 is 2.10 bits per heavy atom. The number of methoxy groups -OCH3 is 1. The average molecular weight is 405 g/mol. The molecule has 4 heterocycles. The van der Waals surface area contributed by atoms with Gasteiger partial charge in [0.25, 0.3) is 0 Å². The molecule has 0 unspecified atom stereocenters. The first-order valence-corrected chi connectivity index (χ1v) is 9.99. The first kappa shape index (κ1) is 18.6. The van der Waals surface area contributed by atoms with E-state index >= 15 is 0 Å². The van der Waals surface area contributed by atoms with Crippen LogP contribution >= 0.6 is 0 Å². The second-order valence-electron chi connectivity index (χ2n) is 7.70. The smallest absolute Gasteiger partial charge is 0.345 e. The highest BCUT2D eigenvalue weighted by Gasteiger charge is 2.18. The van der Waals surface area contributed by atoms with Gasteiger partial charge in [-0.05, 0) is 32.0 Å². The summed E-state index contributed by atoms with van der Waals surface area (Å²) in [5, 5.41) is 4.30. The summed E-state index contributed by atoms with van der Waals surface area (Å²) >= 11 is 0. The fraction of sp³-hybridized carbons (Fsp3) is 0.318. The van der Waals surface area contributed by atoms with Gasteiger partial charge in [0.05, 0.1) is 30.3 Å². The van der Waals surface area contributed by atoms with E-state index < -0.39 is 5.63 Å². The van der Waals surface area contributed by atoms with Gasteiger partial charge in [0.2, 0.25) is 5.88 Å². The minimum atomic E-state index is -0.408. The molecular weight excluding hydrogens is 382 g/mol. The molecule has 1 saturated heterocycles. The second kappa shape index (κ2) is 7.14. The van der Waals surface area contributed by atoms with E-state index in [-0.39, 0.29) is 0 Å². The Balaban J connectivity index is 1.56. The third-order valence-electron chi connectivity index (χ3n) is 5.52. The highest BCUT2D eigenvalue weighted by atomic mass is 16.5. The molecule has 1 aliphatic rings. The van der Waals surface area contributed by atoms with Gasteiger partial charge in [0.1, 0.15) is 5.58 Å². The summed E-state index contributed by atoms with van der Waals surface area (Å²) in [6, 6.07) is 8.28. The lowest BCUT2D eigenvalue weighted by Crippen LogP contribution is -2.49. The Morgan fingerprint density at radius 1 is 1.23 bits per heavy atom. The van der Waals surface area contributed by atoms with Gasteiger partial charge in [0, 0.05) is 49.0 Å². The second-order valence-corrected chi connectivity index (χ2v) is 7.70. The fourth-order valence-electron chi connectivity index (χ4n) is 3.99. The number of fused-ring (bicyclic) bond motifs is 2. The number of imidazole rings is 1. The van der Waals surface area contributed by atoms with Crippen molar-refractivity contribution in [3.05, 3.63) is 52.8 Å². The van der Waals surface area contributed by atoms with Crippen LogP contribution in [-0.4, -0.2) is 47.2 Å². The summed E-state index contributed by atoms with van der Waals surface area (Å²) < 4.78 is 12.7. The van der Waals surface area contributed by atoms with Gasteiger partial charge in [-0.3, -0.25) is 4.40 Å². The van der Waals surface area contributed by atoms with Crippen LogP contribution in [0.5, 0.6) is 5.88 Å². The number of hydrogen-bond donors (Lipinski definition) is 1. The zero-order chi connectivity index (χ0) is 20.8. The highest BCUT2D eigenvalue weighted by molar-refractivity contribution is 5.84. The molecule has 0 saturated carbocycles. The lowest BCUT2D eigenvalue weighted by atomic mass is 10.1. The number of piperazine rings is 1. The predicted octanol–water partition coefficient (Wildman–Crippen LogP) is 2.62. The summed E-state index contributed by atoms with van der Waals surface area (Å²) in [5.41, 5.74) is 3.60. The maximum Gasteiger partial charge on any atom is 0.345 e. The van der Waals surface area contributed by atoms with Crippen LogP contribution in [0.2, 0.25) is 0 Å². The summed E-state index contributed by atoms with van der Waals surface area (Å²) in [6.45, 7) is 6.81. The van der Waals surface area contributed by atoms with E-state index in [0.29, 0.717) is 34.4 Å². The van der Waals surface area contributed by atoms with Crippen LogP contribution in [0, 0.1) is 6.92 Å². The quantitative estimate of drug-likeness (QED) is 0.525. The number of nitrogens with one attached hydrogen (secondary N) is 1. The van der Waals surface area contributed by atoms with E-state index in [4.69, 9.17) is 9.15 Å². The first-order chi connectivity index (χ1) is 14.5. The number of anilines is 1. The normalized spacial score (nSPS) is 17.0. The molecule has 0 aliphatic carbocycles. The Labute approximate surface area is 173 Å². The Hall–Kier alpha value is -3.39. The molecule has 0 spiro atoms. The van der Waals surface area contributed by atoms with Gasteiger partial charge in [-0.15, -0.1) is 0 Å². The molecule has 8 heteroatoms. The average Bonchev–Trinajstić information content (AvgIpc) is 3.17. The molecular formula is C22H23N5O3. The number of ether oxygens (including phenoxy) is 1. The van der Waals surface area contributed by atoms with Crippen molar-refractivity contribution < 1.29 is 9.15 Å². The molecule has 154 valence electrons. The van der Waals surface area contributed by atoms with Gasteiger partial charge in [0.15, 0.2) is 5.65 Å². The third-order valence-corrected chi connectivity index (χ3v) is 5.52. The number of benzene rings is 1. The molecule has 8 nitrogen and oxygen atoms in total. The Kier molecular flexibility index (Phi) is 4.43. The van der Waals surface area contributed by atoms with Crippen molar-refractivity contribution in [1.29, 1.82) is 0 Å². The maximum absolute atomic E-state index is 12.8. The van der Waals surface area contributed by atoms with Crippen molar-refractivity contribution in [2.45, 2.75) is 19.9 Å². The molecule has 0 radical (unpaired) electrons. The molecule has 1 aromatic carbocycles. The van der Waals surface area contributed by atoms with Crippen molar-refractivity contribution in [2.24, 2.45) is 0 Å². The Morgan fingerprint density at radius 3 is 2.90 bits per heavy atom. The molecule has 3 aromatic heterocycles. The lowest BCUT2D eigenvalue weighted by Gasteiger charge is -2.33. The molecule has 1 fully saturated rings. The molecule has 1 aliphatic heterocycles. The molecule has 30 heavy (non-hydrogen) atoms. The molecule has 1 atom stereocenters. The molecule has 4 aromatic rings. The van der Waals surface area contributed by atoms with Crippen molar-refractivity contribution in [2.75, 3.05) is 31.6 Å². The van der Waals surface area contributed by atoms with Gasteiger partial charge in [-0.25, -0.2) is 14.8 Å². The summed E-state index contributed by atoms with van der Waals surface area (Å²) in [5.74, 6) is 0.490. The molecule has 0 amide bonds. The Bertz CT molecular complexity index is 1310. The minimum absolute atomic E-state index is 0.408. The summed E-state index contributed by atoms with van der Waals surface area (Å²) in [4.78, 5) is 24.0. The standard InChI is InChI=1S/C22H23N5O3/c1-13-10-26(7-6-23-13)16-5-4-15-8-17(22(28)30-19(15)9-16)18-11-27-12-20(29-3)24-14(2)21(27)25-18/h4-5,8-9,11-13,23H,6-7,10H2,1-3H3/t13-/m0/s1. The van der Waals surface area contributed by atoms with Crippen LogP contribution in [-0.2, 0) is 0 Å². The van der Waals surface area contributed by atoms with E-state index in [1.165, 1.54) is 0 Å². The van der Waals surface area contributed by atoms with Crippen molar-refractivity contribution >= 4 is 22.3 Å². The van der Waals surface area contributed by atoms with E-state index in [9.17, 15) is 4.79 Å². The number of hydrogen-bond acceptors (Lipinski definition) is 7. The van der Waals surface area contributed by atoms with Crippen molar-refractivity contribution in [3.63, 3.8) is 0 Å². The number of nitrogens with zero attached hydrogens (tertiary/aromatic N) is 4. The number of aromatic nitrogens is 3. The van der Waals surface area contributed by atoms with Gasteiger partial charge >= 0.3 is 5.63 Å². The topological polar surface area (TPSA) is 84.9 Å². The minimum Gasteiger partial charge on any atom is -0.480 e. The van der Waals surface area contributed by atoms with Crippen LogP contribution in [0.15, 0.2) is 45.9 Å². The highest BCUT2D eigenvalue weighted by Crippen LogP contribution is 2.26. The lowest BCUT2D eigenvalue weighted by molar-refractivity contribution is 0.394. The number of rotatable bonds is 3. The van der Waals surface area contributed by atoms with Crippen molar-refractivity contribution in [3.8, 4) is 17.1 Å².